The molecule has 1 aromatic rings. The van der Waals surface area contributed by atoms with Crippen LogP contribution in [0.15, 0.2) is 6.20 Å². The van der Waals surface area contributed by atoms with E-state index in [0.29, 0.717) is 0 Å². The summed E-state index contributed by atoms with van der Waals surface area (Å²) < 4.78 is 1.80. The standard InChI is InChI=1S/C11H18N2O/c1-10(2,3)9-8(7-13(4)12-9)11(14)5-6-11/h7,14H,5-6H2,1-4H3. The Morgan fingerprint density at radius 1 is 1.43 bits per heavy atom. The number of nitrogens with zero attached hydrogens (tertiary/aromatic N) is 2. The van der Waals surface area contributed by atoms with Gasteiger partial charge in [-0.15, -0.1) is 0 Å². The first-order valence-corrected chi connectivity index (χ1v) is 5.10. The second-order valence-corrected chi connectivity index (χ2v) is 5.35. The molecular formula is C11H18N2O. The molecule has 78 valence electrons. The Hall–Kier alpha value is -0.830. The molecule has 0 saturated heterocycles. The van der Waals surface area contributed by atoms with Crippen LogP contribution in [0, 0.1) is 0 Å². The second-order valence-electron chi connectivity index (χ2n) is 5.35. The summed E-state index contributed by atoms with van der Waals surface area (Å²) in [6, 6.07) is 0. The average molecular weight is 194 g/mol. The van der Waals surface area contributed by atoms with Gasteiger partial charge in [-0.2, -0.15) is 5.10 Å². The lowest BCUT2D eigenvalue weighted by atomic mass is 9.87. The average Bonchev–Trinajstić information content (AvgIpc) is 2.60. The summed E-state index contributed by atoms with van der Waals surface area (Å²) in [5.41, 5.74) is 1.48. The highest BCUT2D eigenvalue weighted by Gasteiger charge is 2.46. The molecule has 0 aliphatic heterocycles. The Balaban J connectivity index is 2.49. The number of rotatable bonds is 1. The summed E-state index contributed by atoms with van der Waals surface area (Å²) in [7, 11) is 1.91. The van der Waals surface area contributed by atoms with Crippen LogP contribution >= 0.6 is 0 Å². The molecule has 0 aromatic carbocycles. The van der Waals surface area contributed by atoms with Crippen molar-refractivity contribution in [3.8, 4) is 0 Å². The van der Waals surface area contributed by atoms with Gasteiger partial charge in [0.2, 0.25) is 0 Å². The van der Waals surface area contributed by atoms with Crippen molar-refractivity contribution in [3.63, 3.8) is 0 Å². The highest BCUT2D eigenvalue weighted by Crippen LogP contribution is 2.48. The predicted molar refractivity (Wildman–Crippen MR) is 55.0 cm³/mol. The monoisotopic (exact) mass is 194 g/mol. The van der Waals surface area contributed by atoms with Crippen molar-refractivity contribution in [2.45, 2.75) is 44.6 Å². The summed E-state index contributed by atoms with van der Waals surface area (Å²) in [5, 5.41) is 14.5. The Kier molecular flexibility index (Phi) is 1.80. The minimum atomic E-state index is -0.573. The molecule has 1 aliphatic rings. The van der Waals surface area contributed by atoms with E-state index in [9.17, 15) is 5.11 Å². The fourth-order valence-corrected chi connectivity index (χ4v) is 1.77. The molecule has 0 radical (unpaired) electrons. The van der Waals surface area contributed by atoms with Crippen LogP contribution in [0.2, 0.25) is 0 Å². The quantitative estimate of drug-likeness (QED) is 0.739. The van der Waals surface area contributed by atoms with E-state index >= 15 is 0 Å². The summed E-state index contributed by atoms with van der Waals surface area (Å²) in [6.45, 7) is 6.39. The summed E-state index contributed by atoms with van der Waals surface area (Å²) in [5.74, 6) is 0. The van der Waals surface area contributed by atoms with Gasteiger partial charge in [0.1, 0.15) is 0 Å². The highest BCUT2D eigenvalue weighted by molar-refractivity contribution is 5.33. The van der Waals surface area contributed by atoms with Gasteiger partial charge in [-0.05, 0) is 12.8 Å². The maximum atomic E-state index is 10.1. The van der Waals surface area contributed by atoms with Gasteiger partial charge in [0, 0.05) is 24.2 Å². The van der Waals surface area contributed by atoms with Gasteiger partial charge >= 0.3 is 0 Å². The molecule has 1 N–H and O–H groups in total. The van der Waals surface area contributed by atoms with Crippen LogP contribution in [0.25, 0.3) is 0 Å². The summed E-state index contributed by atoms with van der Waals surface area (Å²) >= 11 is 0. The van der Waals surface area contributed by atoms with Gasteiger partial charge in [0.05, 0.1) is 11.3 Å². The van der Waals surface area contributed by atoms with Crippen LogP contribution in [-0.4, -0.2) is 14.9 Å². The molecule has 14 heavy (non-hydrogen) atoms. The molecule has 3 heteroatoms. The van der Waals surface area contributed by atoms with Crippen molar-refractivity contribution >= 4 is 0 Å². The van der Waals surface area contributed by atoms with Crippen molar-refractivity contribution < 1.29 is 5.11 Å². The molecule has 1 fully saturated rings. The highest BCUT2D eigenvalue weighted by atomic mass is 16.3. The van der Waals surface area contributed by atoms with E-state index in [-0.39, 0.29) is 5.41 Å². The van der Waals surface area contributed by atoms with Crippen LogP contribution in [0.4, 0.5) is 0 Å². The Morgan fingerprint density at radius 3 is 2.43 bits per heavy atom. The van der Waals surface area contributed by atoms with E-state index in [1.165, 1.54) is 0 Å². The summed E-state index contributed by atoms with van der Waals surface area (Å²) in [4.78, 5) is 0. The maximum absolute atomic E-state index is 10.1. The van der Waals surface area contributed by atoms with Gasteiger partial charge in [-0.25, -0.2) is 0 Å². The van der Waals surface area contributed by atoms with E-state index in [0.717, 1.165) is 24.1 Å². The molecule has 1 aliphatic carbocycles. The van der Waals surface area contributed by atoms with E-state index in [1.807, 2.05) is 13.2 Å². The molecule has 0 unspecified atom stereocenters. The van der Waals surface area contributed by atoms with E-state index in [4.69, 9.17) is 0 Å². The number of aliphatic hydroxyl groups is 1. The van der Waals surface area contributed by atoms with E-state index in [2.05, 4.69) is 25.9 Å². The normalized spacial score (nSPS) is 19.8. The van der Waals surface area contributed by atoms with Gasteiger partial charge in [0.15, 0.2) is 0 Å². The van der Waals surface area contributed by atoms with Crippen LogP contribution in [0.1, 0.15) is 44.9 Å². The van der Waals surface area contributed by atoms with E-state index in [1.54, 1.807) is 4.68 Å². The molecule has 0 spiro atoms. The van der Waals surface area contributed by atoms with Crippen molar-refractivity contribution in [2.24, 2.45) is 7.05 Å². The van der Waals surface area contributed by atoms with Crippen LogP contribution in [0.3, 0.4) is 0 Å². The van der Waals surface area contributed by atoms with E-state index < -0.39 is 5.60 Å². The number of aromatic nitrogens is 2. The molecule has 0 atom stereocenters. The van der Waals surface area contributed by atoms with Gasteiger partial charge < -0.3 is 5.11 Å². The molecular weight excluding hydrogens is 176 g/mol. The zero-order valence-corrected chi connectivity index (χ0v) is 9.33. The lowest BCUT2D eigenvalue weighted by molar-refractivity contribution is 0.149. The molecule has 3 nitrogen and oxygen atoms in total. The van der Waals surface area contributed by atoms with Crippen molar-refractivity contribution in [3.05, 3.63) is 17.5 Å². The molecule has 1 aromatic heterocycles. The van der Waals surface area contributed by atoms with Gasteiger partial charge in [-0.1, -0.05) is 20.8 Å². The number of hydrogen-bond acceptors (Lipinski definition) is 2. The lowest BCUT2D eigenvalue weighted by Crippen LogP contribution is -2.18. The van der Waals surface area contributed by atoms with Crippen LogP contribution in [-0.2, 0) is 18.1 Å². The fraction of sp³-hybridized carbons (Fsp3) is 0.727. The largest absolute Gasteiger partial charge is 0.385 e. The third kappa shape index (κ3) is 1.46. The molecule has 0 amide bonds. The maximum Gasteiger partial charge on any atom is 0.0932 e. The first-order chi connectivity index (χ1) is 6.33. The second kappa shape index (κ2) is 2.60. The molecule has 2 rings (SSSR count). The first kappa shape index (κ1) is 9.71. The topological polar surface area (TPSA) is 38.0 Å². The molecule has 1 saturated carbocycles. The minimum Gasteiger partial charge on any atom is -0.385 e. The van der Waals surface area contributed by atoms with Crippen molar-refractivity contribution in [2.75, 3.05) is 0 Å². The van der Waals surface area contributed by atoms with Crippen LogP contribution < -0.4 is 0 Å². The fourth-order valence-electron chi connectivity index (χ4n) is 1.77. The minimum absolute atomic E-state index is 0.00884. The summed E-state index contributed by atoms with van der Waals surface area (Å²) in [6.07, 6.45) is 3.71. The van der Waals surface area contributed by atoms with Crippen molar-refractivity contribution in [1.29, 1.82) is 0 Å². The zero-order valence-electron chi connectivity index (χ0n) is 9.33. The molecule has 1 heterocycles. The first-order valence-electron chi connectivity index (χ1n) is 5.10. The number of aryl methyl sites for hydroxylation is 1. The smallest absolute Gasteiger partial charge is 0.0932 e. The molecule has 0 bridgehead atoms. The zero-order chi connectivity index (χ0) is 10.6. The van der Waals surface area contributed by atoms with Gasteiger partial charge in [0.25, 0.3) is 0 Å². The van der Waals surface area contributed by atoms with Crippen molar-refractivity contribution in [1.82, 2.24) is 9.78 Å². The Bertz CT molecular complexity index is 333. The Morgan fingerprint density at radius 2 is 2.00 bits per heavy atom. The predicted octanol–water partition coefficient (Wildman–Crippen LogP) is 1.70. The SMILES string of the molecule is Cn1cc(C2(O)CC2)c(C(C)(C)C)n1. The third-order valence-electron chi connectivity index (χ3n) is 2.76. The Labute approximate surface area is 84.7 Å². The van der Waals surface area contributed by atoms with Crippen LogP contribution in [0.5, 0.6) is 0 Å². The lowest BCUT2D eigenvalue weighted by Gasteiger charge is -2.19. The third-order valence-corrected chi connectivity index (χ3v) is 2.76. The van der Waals surface area contributed by atoms with Gasteiger partial charge in [-0.3, -0.25) is 4.68 Å². The number of hydrogen-bond donors (Lipinski definition) is 1.